The molecule has 2 fully saturated rings. The summed E-state index contributed by atoms with van der Waals surface area (Å²) in [6.45, 7) is 2.10. The Bertz CT molecular complexity index is 1370. The number of benzene rings is 2. The van der Waals surface area contributed by atoms with Crippen LogP contribution in [0.15, 0.2) is 48.5 Å². The summed E-state index contributed by atoms with van der Waals surface area (Å²) in [6.07, 6.45) is 3.38. The van der Waals surface area contributed by atoms with Gasteiger partial charge >= 0.3 is 12.1 Å². The van der Waals surface area contributed by atoms with Crippen molar-refractivity contribution in [1.29, 1.82) is 0 Å². The van der Waals surface area contributed by atoms with E-state index in [4.69, 9.17) is 9.90 Å². The molecule has 11 heteroatoms. The van der Waals surface area contributed by atoms with Crippen molar-refractivity contribution in [2.75, 3.05) is 11.9 Å². The smallest absolute Gasteiger partial charge is 0.475 e. The number of aromatic nitrogens is 3. The number of carbonyl (C=O) groups is 2. The fraction of sp³-hybridized carbons (Fsp3) is 0.448. The molecule has 3 aliphatic rings. The van der Waals surface area contributed by atoms with Crippen LogP contribution in [0.1, 0.15) is 66.2 Å². The molecule has 2 aliphatic carbocycles. The van der Waals surface area contributed by atoms with Crippen LogP contribution in [0.4, 0.5) is 18.9 Å². The molecule has 212 valence electrons. The molecule has 2 unspecified atom stereocenters. The van der Waals surface area contributed by atoms with Gasteiger partial charge in [-0.15, -0.1) is 10.2 Å². The lowest BCUT2D eigenvalue weighted by molar-refractivity contribution is -0.192. The van der Waals surface area contributed by atoms with Crippen molar-refractivity contribution in [2.24, 2.45) is 5.92 Å². The first kappa shape index (κ1) is 27.8. The van der Waals surface area contributed by atoms with Gasteiger partial charge in [0, 0.05) is 41.7 Å². The zero-order chi connectivity index (χ0) is 28.3. The average molecular weight is 556 g/mol. The molecule has 1 amide bonds. The van der Waals surface area contributed by atoms with Gasteiger partial charge in [-0.1, -0.05) is 30.7 Å². The third-order valence-electron chi connectivity index (χ3n) is 7.46. The number of alkyl halides is 3. The van der Waals surface area contributed by atoms with E-state index in [2.05, 4.69) is 37.5 Å². The van der Waals surface area contributed by atoms with Crippen LogP contribution >= 0.6 is 0 Å². The van der Waals surface area contributed by atoms with E-state index in [1.54, 1.807) is 0 Å². The van der Waals surface area contributed by atoms with Crippen molar-refractivity contribution < 1.29 is 27.9 Å². The van der Waals surface area contributed by atoms with Gasteiger partial charge in [-0.3, -0.25) is 4.79 Å². The predicted molar refractivity (Wildman–Crippen MR) is 143 cm³/mol. The van der Waals surface area contributed by atoms with Crippen LogP contribution in [0.25, 0.3) is 11.4 Å². The van der Waals surface area contributed by atoms with Crippen molar-refractivity contribution in [1.82, 2.24) is 20.1 Å². The number of aliphatic carboxylic acids is 1. The van der Waals surface area contributed by atoms with Crippen molar-refractivity contribution >= 4 is 17.6 Å². The van der Waals surface area contributed by atoms with Crippen LogP contribution < -0.4 is 10.6 Å². The van der Waals surface area contributed by atoms with Gasteiger partial charge in [-0.05, 0) is 74.4 Å². The number of hydrogen-bond acceptors (Lipinski definition) is 5. The Morgan fingerprint density at radius 3 is 2.55 bits per heavy atom. The third kappa shape index (κ3) is 7.07. The molecule has 2 aromatic carbocycles. The van der Waals surface area contributed by atoms with Gasteiger partial charge < -0.3 is 20.3 Å². The third-order valence-corrected chi connectivity index (χ3v) is 7.46. The fourth-order valence-electron chi connectivity index (χ4n) is 4.98. The summed E-state index contributed by atoms with van der Waals surface area (Å²) in [6, 6.07) is 16.6. The number of carboxylic acid groups (broad SMARTS) is 1. The van der Waals surface area contributed by atoms with E-state index in [9.17, 15) is 18.0 Å². The molecule has 2 saturated carbocycles. The number of aryl methyl sites for hydroxylation is 1. The van der Waals surface area contributed by atoms with Gasteiger partial charge in [-0.25, -0.2) is 4.79 Å². The second kappa shape index (κ2) is 11.8. The lowest BCUT2D eigenvalue weighted by Crippen LogP contribution is -2.21. The molecule has 0 bridgehead atoms. The summed E-state index contributed by atoms with van der Waals surface area (Å²) in [5, 5.41) is 22.8. The molecule has 2 atom stereocenters. The highest BCUT2D eigenvalue weighted by Crippen LogP contribution is 2.42. The predicted octanol–water partition coefficient (Wildman–Crippen LogP) is 5.41. The highest BCUT2D eigenvalue weighted by Gasteiger charge is 2.39. The average Bonchev–Trinajstić information content (AvgIpc) is 3.85. The SMILES string of the molecule is O=C(Nc1cccc(-c2nnc3n2CCCCC3)c1)c1cccc(C2CC2NCC2CC2)c1.O=C(O)C(F)(F)F. The number of fused-ring (bicyclic) bond motifs is 1. The highest BCUT2D eigenvalue weighted by molar-refractivity contribution is 6.04. The number of rotatable bonds is 7. The van der Waals surface area contributed by atoms with Crippen LogP contribution in [0.5, 0.6) is 0 Å². The molecule has 40 heavy (non-hydrogen) atoms. The van der Waals surface area contributed by atoms with E-state index in [1.807, 2.05) is 36.4 Å². The van der Waals surface area contributed by atoms with E-state index in [0.717, 1.165) is 54.7 Å². The number of anilines is 1. The van der Waals surface area contributed by atoms with Gasteiger partial charge in [0.15, 0.2) is 5.82 Å². The first-order chi connectivity index (χ1) is 19.2. The number of hydrogen-bond donors (Lipinski definition) is 3. The second-order valence-corrected chi connectivity index (χ2v) is 10.7. The molecular weight excluding hydrogens is 523 g/mol. The van der Waals surface area contributed by atoms with E-state index in [0.29, 0.717) is 17.5 Å². The number of nitrogens with one attached hydrogen (secondary N) is 2. The van der Waals surface area contributed by atoms with Gasteiger partial charge in [0.25, 0.3) is 5.91 Å². The molecule has 3 N–H and O–H groups in total. The molecule has 0 saturated heterocycles. The van der Waals surface area contributed by atoms with Crippen LogP contribution in [-0.4, -0.2) is 50.5 Å². The number of nitrogens with zero attached hydrogens (tertiary/aromatic N) is 3. The van der Waals surface area contributed by atoms with Crippen molar-refractivity contribution in [3.8, 4) is 11.4 Å². The maximum atomic E-state index is 13.0. The second-order valence-electron chi connectivity index (χ2n) is 10.7. The van der Waals surface area contributed by atoms with E-state index < -0.39 is 12.1 Å². The molecule has 0 radical (unpaired) electrons. The Kier molecular flexibility index (Phi) is 8.20. The van der Waals surface area contributed by atoms with Gasteiger partial charge in [0.05, 0.1) is 0 Å². The fourth-order valence-corrected chi connectivity index (χ4v) is 4.98. The van der Waals surface area contributed by atoms with Gasteiger partial charge in [0.1, 0.15) is 5.82 Å². The molecular formula is C29H32F3N5O3. The lowest BCUT2D eigenvalue weighted by Gasteiger charge is -2.10. The maximum absolute atomic E-state index is 13.0. The molecule has 3 aromatic rings. The Hall–Kier alpha value is -3.73. The zero-order valence-electron chi connectivity index (χ0n) is 22.0. The van der Waals surface area contributed by atoms with E-state index in [1.165, 1.54) is 37.7 Å². The summed E-state index contributed by atoms with van der Waals surface area (Å²) in [5.74, 6) is 0.557. The molecule has 8 nitrogen and oxygen atoms in total. The molecule has 1 aliphatic heterocycles. The Morgan fingerprint density at radius 2 is 1.80 bits per heavy atom. The minimum Gasteiger partial charge on any atom is -0.475 e. The summed E-state index contributed by atoms with van der Waals surface area (Å²) in [4.78, 5) is 21.9. The minimum atomic E-state index is -5.08. The van der Waals surface area contributed by atoms with Crippen molar-refractivity contribution in [2.45, 2.75) is 69.6 Å². The van der Waals surface area contributed by atoms with E-state index >= 15 is 0 Å². The number of carbonyl (C=O) groups excluding carboxylic acids is 1. The minimum absolute atomic E-state index is 0.0720. The highest BCUT2D eigenvalue weighted by atomic mass is 19.4. The van der Waals surface area contributed by atoms with Crippen LogP contribution in [0.3, 0.4) is 0 Å². The standard InChI is InChI=1S/C27H31N5O.C2HF3O2/c33-27(21-8-4-6-19(14-21)23-16-24(23)28-17-18-11-12-18)29-22-9-5-7-20(15-22)26-31-30-25-10-2-1-3-13-32(25)26;3-2(4,5)1(6)7/h4-9,14-15,18,23-24,28H,1-3,10-13,16-17H2,(H,29,33);(H,6,7). The Labute approximate surface area is 230 Å². The van der Waals surface area contributed by atoms with Crippen LogP contribution in [0, 0.1) is 5.92 Å². The zero-order valence-corrected chi connectivity index (χ0v) is 22.0. The van der Waals surface area contributed by atoms with Gasteiger partial charge in [0.2, 0.25) is 0 Å². The van der Waals surface area contributed by atoms with Crippen LogP contribution in [-0.2, 0) is 17.8 Å². The molecule has 2 heterocycles. The largest absolute Gasteiger partial charge is 0.490 e. The first-order valence-corrected chi connectivity index (χ1v) is 13.7. The topological polar surface area (TPSA) is 109 Å². The number of carboxylic acids is 1. The molecule has 0 spiro atoms. The maximum Gasteiger partial charge on any atom is 0.490 e. The van der Waals surface area contributed by atoms with Crippen molar-refractivity contribution in [3.05, 3.63) is 65.5 Å². The van der Waals surface area contributed by atoms with E-state index in [-0.39, 0.29) is 5.91 Å². The normalized spacial score (nSPS) is 20.0. The summed E-state index contributed by atoms with van der Waals surface area (Å²) in [5.41, 5.74) is 3.74. The van der Waals surface area contributed by atoms with Crippen LogP contribution in [0.2, 0.25) is 0 Å². The molecule has 1 aromatic heterocycles. The first-order valence-electron chi connectivity index (χ1n) is 13.7. The number of amides is 1. The number of halogens is 3. The Morgan fingerprint density at radius 1 is 1.02 bits per heavy atom. The van der Waals surface area contributed by atoms with Gasteiger partial charge in [-0.2, -0.15) is 13.2 Å². The quantitative estimate of drug-likeness (QED) is 0.360. The summed E-state index contributed by atoms with van der Waals surface area (Å²) >= 11 is 0. The lowest BCUT2D eigenvalue weighted by atomic mass is 10.1. The monoisotopic (exact) mass is 555 g/mol. The molecule has 6 rings (SSSR count). The summed E-state index contributed by atoms with van der Waals surface area (Å²) in [7, 11) is 0. The van der Waals surface area contributed by atoms with Crippen molar-refractivity contribution in [3.63, 3.8) is 0 Å². The summed E-state index contributed by atoms with van der Waals surface area (Å²) < 4.78 is 34.0. The Balaban J connectivity index is 0.000000411.